The molecule has 1 aromatic carbocycles. The largest absolute Gasteiger partial charge is 0.476 e. The number of carboxylic acids is 1. The molecule has 0 unspecified atom stereocenters. The number of rotatable bonds is 4. The van der Waals surface area contributed by atoms with Crippen molar-refractivity contribution in [3.63, 3.8) is 0 Å². The SMILES string of the molecule is Cc1onc(C(=O)O)c1-c1ccc(CC(C)C)cc1. The molecule has 1 heterocycles. The highest BCUT2D eigenvalue weighted by Crippen LogP contribution is 2.27. The molecule has 0 fully saturated rings. The zero-order chi connectivity index (χ0) is 14.0. The third-order valence-corrected chi connectivity index (χ3v) is 2.95. The number of carbonyl (C=O) groups is 1. The molecule has 0 saturated heterocycles. The van der Waals surface area contributed by atoms with E-state index in [4.69, 9.17) is 9.63 Å². The quantitative estimate of drug-likeness (QED) is 0.912. The van der Waals surface area contributed by atoms with Crippen LogP contribution in [0.25, 0.3) is 11.1 Å². The lowest BCUT2D eigenvalue weighted by Gasteiger charge is -2.06. The number of hydrogen-bond donors (Lipinski definition) is 1. The summed E-state index contributed by atoms with van der Waals surface area (Å²) in [4.78, 5) is 11.1. The molecule has 1 aromatic heterocycles. The van der Waals surface area contributed by atoms with E-state index in [1.807, 2.05) is 24.3 Å². The Bertz CT molecular complexity index is 582. The summed E-state index contributed by atoms with van der Waals surface area (Å²) in [6.45, 7) is 6.05. The molecule has 4 heteroatoms. The van der Waals surface area contributed by atoms with Gasteiger partial charge in [0.05, 0.1) is 5.56 Å². The third-order valence-electron chi connectivity index (χ3n) is 2.95. The molecule has 19 heavy (non-hydrogen) atoms. The van der Waals surface area contributed by atoms with Gasteiger partial charge in [-0.25, -0.2) is 4.79 Å². The summed E-state index contributed by atoms with van der Waals surface area (Å²) in [6.07, 6.45) is 1.01. The van der Waals surface area contributed by atoms with Crippen molar-refractivity contribution in [3.8, 4) is 11.1 Å². The van der Waals surface area contributed by atoms with E-state index in [2.05, 4.69) is 19.0 Å². The highest BCUT2D eigenvalue weighted by atomic mass is 16.5. The van der Waals surface area contributed by atoms with Crippen LogP contribution in [-0.4, -0.2) is 16.2 Å². The number of nitrogens with zero attached hydrogens (tertiary/aromatic N) is 1. The van der Waals surface area contributed by atoms with Crippen molar-refractivity contribution in [2.75, 3.05) is 0 Å². The standard InChI is InChI=1S/C15H17NO3/c1-9(2)8-11-4-6-12(7-5-11)13-10(3)19-16-14(13)15(17)18/h4-7,9H,8H2,1-3H3,(H,17,18). The molecular weight excluding hydrogens is 242 g/mol. The molecule has 0 amide bonds. The lowest BCUT2D eigenvalue weighted by Crippen LogP contribution is -1.99. The maximum absolute atomic E-state index is 11.1. The van der Waals surface area contributed by atoms with Gasteiger partial charge in [-0.2, -0.15) is 0 Å². The van der Waals surface area contributed by atoms with E-state index in [9.17, 15) is 4.79 Å². The Morgan fingerprint density at radius 2 is 1.95 bits per heavy atom. The van der Waals surface area contributed by atoms with Gasteiger partial charge >= 0.3 is 5.97 Å². The topological polar surface area (TPSA) is 63.3 Å². The van der Waals surface area contributed by atoms with Crippen LogP contribution in [0.2, 0.25) is 0 Å². The molecule has 0 bridgehead atoms. The van der Waals surface area contributed by atoms with E-state index >= 15 is 0 Å². The second kappa shape index (κ2) is 5.26. The number of hydrogen-bond acceptors (Lipinski definition) is 3. The van der Waals surface area contributed by atoms with Crippen LogP contribution in [0.1, 0.15) is 35.7 Å². The van der Waals surface area contributed by atoms with Crippen molar-refractivity contribution in [2.24, 2.45) is 5.92 Å². The minimum Gasteiger partial charge on any atom is -0.476 e. The molecule has 2 rings (SSSR count). The number of aromatic carboxylic acids is 1. The highest BCUT2D eigenvalue weighted by molar-refractivity contribution is 5.94. The molecule has 0 atom stereocenters. The van der Waals surface area contributed by atoms with Crippen molar-refractivity contribution >= 4 is 5.97 Å². The summed E-state index contributed by atoms with van der Waals surface area (Å²) < 4.78 is 4.98. The third kappa shape index (κ3) is 2.84. The van der Waals surface area contributed by atoms with Crippen LogP contribution < -0.4 is 0 Å². The van der Waals surface area contributed by atoms with Crippen LogP contribution in [-0.2, 0) is 6.42 Å². The Morgan fingerprint density at radius 1 is 1.32 bits per heavy atom. The fourth-order valence-electron chi connectivity index (χ4n) is 2.14. The van der Waals surface area contributed by atoms with Crippen molar-refractivity contribution in [2.45, 2.75) is 27.2 Å². The van der Waals surface area contributed by atoms with E-state index in [-0.39, 0.29) is 5.69 Å². The molecule has 100 valence electrons. The smallest absolute Gasteiger partial charge is 0.358 e. The van der Waals surface area contributed by atoms with Gasteiger partial charge in [0.25, 0.3) is 0 Å². The van der Waals surface area contributed by atoms with Gasteiger partial charge in [0.15, 0.2) is 5.69 Å². The maximum Gasteiger partial charge on any atom is 0.358 e. The molecule has 0 saturated carbocycles. The van der Waals surface area contributed by atoms with Crippen LogP contribution in [0, 0.1) is 12.8 Å². The highest BCUT2D eigenvalue weighted by Gasteiger charge is 2.20. The first-order valence-electron chi connectivity index (χ1n) is 6.28. The second-order valence-corrected chi connectivity index (χ2v) is 5.06. The van der Waals surface area contributed by atoms with Crippen molar-refractivity contribution < 1.29 is 14.4 Å². The van der Waals surface area contributed by atoms with Crippen LogP contribution >= 0.6 is 0 Å². The Balaban J connectivity index is 2.37. The van der Waals surface area contributed by atoms with Crippen molar-refractivity contribution in [3.05, 3.63) is 41.3 Å². The lowest BCUT2D eigenvalue weighted by molar-refractivity contribution is 0.0686. The summed E-state index contributed by atoms with van der Waals surface area (Å²) in [7, 11) is 0. The molecule has 0 radical (unpaired) electrons. The zero-order valence-corrected chi connectivity index (χ0v) is 11.3. The summed E-state index contributed by atoms with van der Waals surface area (Å²) >= 11 is 0. The Hall–Kier alpha value is -2.10. The van der Waals surface area contributed by atoms with Crippen LogP contribution in [0.4, 0.5) is 0 Å². The first kappa shape index (κ1) is 13.3. The lowest BCUT2D eigenvalue weighted by atomic mass is 9.98. The van der Waals surface area contributed by atoms with Gasteiger partial charge in [0.1, 0.15) is 5.76 Å². The van der Waals surface area contributed by atoms with E-state index in [0.717, 1.165) is 12.0 Å². The average Bonchev–Trinajstić information content (AvgIpc) is 2.71. The van der Waals surface area contributed by atoms with Crippen molar-refractivity contribution in [1.82, 2.24) is 5.16 Å². The predicted molar refractivity (Wildman–Crippen MR) is 72.2 cm³/mol. The van der Waals surface area contributed by atoms with Crippen LogP contribution in [0.3, 0.4) is 0 Å². The Labute approximate surface area is 112 Å². The minimum atomic E-state index is -1.07. The Morgan fingerprint density at radius 3 is 2.47 bits per heavy atom. The molecule has 0 aliphatic rings. The average molecular weight is 259 g/mol. The van der Waals surface area contributed by atoms with Gasteiger partial charge in [-0.05, 0) is 30.4 Å². The van der Waals surface area contributed by atoms with Gasteiger partial charge in [0.2, 0.25) is 0 Å². The van der Waals surface area contributed by atoms with E-state index < -0.39 is 5.97 Å². The monoisotopic (exact) mass is 259 g/mol. The first-order chi connectivity index (χ1) is 8.99. The second-order valence-electron chi connectivity index (χ2n) is 5.06. The molecule has 0 spiro atoms. The van der Waals surface area contributed by atoms with E-state index in [1.54, 1.807) is 6.92 Å². The number of aryl methyl sites for hydroxylation is 1. The first-order valence-corrected chi connectivity index (χ1v) is 6.28. The summed E-state index contributed by atoms with van der Waals surface area (Å²) in [5, 5.41) is 12.7. The van der Waals surface area contributed by atoms with Gasteiger partial charge in [0, 0.05) is 0 Å². The number of carboxylic acid groups (broad SMARTS) is 1. The van der Waals surface area contributed by atoms with E-state index in [1.165, 1.54) is 5.56 Å². The summed E-state index contributed by atoms with van der Waals surface area (Å²) in [6, 6.07) is 7.88. The van der Waals surface area contributed by atoms with Crippen molar-refractivity contribution in [1.29, 1.82) is 0 Å². The molecule has 2 aromatic rings. The van der Waals surface area contributed by atoms with E-state index in [0.29, 0.717) is 17.2 Å². The fourth-order valence-corrected chi connectivity index (χ4v) is 2.14. The van der Waals surface area contributed by atoms with Gasteiger partial charge in [-0.1, -0.05) is 43.3 Å². The fraction of sp³-hybridized carbons (Fsp3) is 0.333. The summed E-state index contributed by atoms with van der Waals surface area (Å²) in [5.74, 6) is 0.0462. The predicted octanol–water partition coefficient (Wildman–Crippen LogP) is 3.55. The maximum atomic E-state index is 11.1. The normalized spacial score (nSPS) is 10.9. The molecule has 4 nitrogen and oxygen atoms in total. The zero-order valence-electron chi connectivity index (χ0n) is 11.3. The minimum absolute atomic E-state index is 0.0332. The van der Waals surface area contributed by atoms with Crippen LogP contribution in [0.5, 0.6) is 0 Å². The van der Waals surface area contributed by atoms with Gasteiger partial charge in [-0.15, -0.1) is 0 Å². The van der Waals surface area contributed by atoms with Crippen LogP contribution in [0.15, 0.2) is 28.8 Å². The molecule has 0 aliphatic heterocycles. The Kier molecular flexibility index (Phi) is 3.69. The number of benzene rings is 1. The molecule has 1 N–H and O–H groups in total. The van der Waals surface area contributed by atoms with Gasteiger partial charge < -0.3 is 9.63 Å². The molecule has 0 aliphatic carbocycles. The molecular formula is C15H17NO3. The number of aromatic nitrogens is 1. The van der Waals surface area contributed by atoms with Gasteiger partial charge in [-0.3, -0.25) is 0 Å². The summed E-state index contributed by atoms with van der Waals surface area (Å²) in [5.41, 5.74) is 2.59.